The van der Waals surface area contributed by atoms with E-state index in [-0.39, 0.29) is 0 Å². The molecule has 0 aliphatic rings. The number of pyridine rings is 1. The SMILES string of the molecule is OC(c1ccccc1)C(O)(c1ccccc1)c1ccncc1. The largest absolute Gasteiger partial charge is 0.385 e. The molecule has 2 atom stereocenters. The van der Waals surface area contributed by atoms with Crippen molar-refractivity contribution in [1.82, 2.24) is 4.98 Å². The van der Waals surface area contributed by atoms with Crippen molar-refractivity contribution >= 4 is 0 Å². The summed E-state index contributed by atoms with van der Waals surface area (Å²) < 4.78 is 0. The third-order valence-corrected chi connectivity index (χ3v) is 3.85. The van der Waals surface area contributed by atoms with Crippen molar-refractivity contribution in [3.63, 3.8) is 0 Å². The van der Waals surface area contributed by atoms with Gasteiger partial charge >= 0.3 is 0 Å². The highest BCUT2D eigenvalue weighted by molar-refractivity contribution is 5.39. The maximum absolute atomic E-state index is 11.4. The molecule has 3 nitrogen and oxygen atoms in total. The van der Waals surface area contributed by atoms with Crippen LogP contribution in [0, 0.1) is 0 Å². The minimum absolute atomic E-state index is 0.602. The molecule has 0 bridgehead atoms. The Morgan fingerprint density at radius 3 is 1.82 bits per heavy atom. The molecule has 2 unspecified atom stereocenters. The minimum atomic E-state index is -1.54. The zero-order valence-corrected chi connectivity index (χ0v) is 12.0. The van der Waals surface area contributed by atoms with Crippen molar-refractivity contribution < 1.29 is 10.2 Å². The standard InChI is InChI=1S/C19H17NO2/c21-18(15-7-3-1-4-8-15)19(22,16-9-5-2-6-10-16)17-11-13-20-14-12-17/h1-14,18,21-22H. The zero-order chi connectivity index (χ0) is 15.4. The summed E-state index contributed by atoms with van der Waals surface area (Å²) >= 11 is 0. The van der Waals surface area contributed by atoms with Crippen LogP contribution in [-0.4, -0.2) is 15.2 Å². The van der Waals surface area contributed by atoms with E-state index in [1.807, 2.05) is 48.5 Å². The molecule has 2 N–H and O–H groups in total. The number of rotatable bonds is 4. The van der Waals surface area contributed by atoms with E-state index in [2.05, 4.69) is 4.98 Å². The highest BCUT2D eigenvalue weighted by Gasteiger charge is 2.40. The van der Waals surface area contributed by atoms with Crippen LogP contribution in [0.4, 0.5) is 0 Å². The van der Waals surface area contributed by atoms with Crippen LogP contribution in [0.3, 0.4) is 0 Å². The maximum Gasteiger partial charge on any atom is 0.145 e. The predicted octanol–water partition coefficient (Wildman–Crippen LogP) is 3.05. The molecule has 0 fully saturated rings. The first-order chi connectivity index (χ1) is 10.7. The number of nitrogens with zero attached hydrogens (tertiary/aromatic N) is 1. The monoisotopic (exact) mass is 291 g/mol. The molecule has 1 aromatic heterocycles. The van der Waals surface area contributed by atoms with Crippen LogP contribution >= 0.6 is 0 Å². The maximum atomic E-state index is 11.4. The molecule has 0 amide bonds. The van der Waals surface area contributed by atoms with Crippen LogP contribution in [0.2, 0.25) is 0 Å². The molecule has 1 heterocycles. The van der Waals surface area contributed by atoms with Gasteiger partial charge in [-0.2, -0.15) is 0 Å². The van der Waals surface area contributed by atoms with Gasteiger partial charge < -0.3 is 10.2 Å². The summed E-state index contributed by atoms with van der Waals surface area (Å²) in [6.07, 6.45) is 2.14. The van der Waals surface area contributed by atoms with E-state index < -0.39 is 11.7 Å². The Labute approximate surface area is 129 Å². The van der Waals surface area contributed by atoms with Crippen molar-refractivity contribution in [3.8, 4) is 0 Å². The average Bonchev–Trinajstić information content (AvgIpc) is 2.62. The Bertz CT molecular complexity index is 675. The molecular weight excluding hydrogens is 274 g/mol. The number of benzene rings is 2. The fourth-order valence-electron chi connectivity index (χ4n) is 2.66. The molecule has 110 valence electrons. The number of hydrogen-bond acceptors (Lipinski definition) is 3. The van der Waals surface area contributed by atoms with Gasteiger partial charge in [-0.1, -0.05) is 60.7 Å². The first-order valence-electron chi connectivity index (χ1n) is 7.14. The lowest BCUT2D eigenvalue weighted by Gasteiger charge is -2.34. The van der Waals surface area contributed by atoms with E-state index in [1.54, 1.807) is 36.7 Å². The molecule has 3 heteroatoms. The van der Waals surface area contributed by atoms with Gasteiger partial charge in [0, 0.05) is 12.4 Å². The van der Waals surface area contributed by atoms with Crippen LogP contribution in [0.5, 0.6) is 0 Å². The molecule has 0 aliphatic heterocycles. The highest BCUT2D eigenvalue weighted by Crippen LogP contribution is 2.40. The Morgan fingerprint density at radius 1 is 0.727 bits per heavy atom. The van der Waals surface area contributed by atoms with Gasteiger partial charge in [0.25, 0.3) is 0 Å². The quantitative estimate of drug-likeness (QED) is 0.777. The van der Waals surface area contributed by atoms with Gasteiger partial charge in [0.1, 0.15) is 11.7 Å². The van der Waals surface area contributed by atoms with Gasteiger partial charge in [-0.25, -0.2) is 0 Å². The summed E-state index contributed by atoms with van der Waals surface area (Å²) in [5, 5.41) is 22.3. The second-order valence-electron chi connectivity index (χ2n) is 5.18. The lowest BCUT2D eigenvalue weighted by Crippen LogP contribution is -2.35. The molecule has 2 aromatic carbocycles. The number of aromatic nitrogens is 1. The Balaban J connectivity index is 2.16. The summed E-state index contributed by atoms with van der Waals surface area (Å²) in [5.74, 6) is 0. The fraction of sp³-hybridized carbons (Fsp3) is 0.105. The molecular formula is C19H17NO2. The van der Waals surface area contributed by atoms with Crippen molar-refractivity contribution in [1.29, 1.82) is 0 Å². The average molecular weight is 291 g/mol. The predicted molar refractivity (Wildman–Crippen MR) is 85.1 cm³/mol. The van der Waals surface area contributed by atoms with Crippen molar-refractivity contribution in [2.45, 2.75) is 11.7 Å². The molecule has 0 aliphatic carbocycles. The van der Waals surface area contributed by atoms with Gasteiger partial charge in [-0.05, 0) is 28.8 Å². The second-order valence-corrected chi connectivity index (χ2v) is 5.18. The Hall–Kier alpha value is -2.49. The number of aliphatic hydroxyl groups is 2. The van der Waals surface area contributed by atoms with E-state index in [0.717, 1.165) is 0 Å². The third-order valence-electron chi connectivity index (χ3n) is 3.85. The smallest absolute Gasteiger partial charge is 0.145 e. The molecule has 3 rings (SSSR count). The van der Waals surface area contributed by atoms with Crippen LogP contribution in [-0.2, 0) is 5.60 Å². The number of aliphatic hydroxyl groups excluding tert-OH is 1. The van der Waals surface area contributed by atoms with Gasteiger partial charge in [0.05, 0.1) is 0 Å². The summed E-state index contributed by atoms with van der Waals surface area (Å²) in [5.41, 5.74) is 0.360. The normalized spacial score (nSPS) is 15.0. The minimum Gasteiger partial charge on any atom is -0.385 e. The molecule has 0 radical (unpaired) electrons. The fourth-order valence-corrected chi connectivity index (χ4v) is 2.66. The van der Waals surface area contributed by atoms with Gasteiger partial charge in [0.15, 0.2) is 0 Å². The Morgan fingerprint density at radius 2 is 1.23 bits per heavy atom. The summed E-state index contributed by atoms with van der Waals surface area (Å²) in [6.45, 7) is 0. The summed E-state index contributed by atoms with van der Waals surface area (Å²) in [6, 6.07) is 21.8. The second kappa shape index (κ2) is 6.10. The van der Waals surface area contributed by atoms with Crippen molar-refractivity contribution in [2.75, 3.05) is 0 Å². The molecule has 22 heavy (non-hydrogen) atoms. The lowest BCUT2D eigenvalue weighted by molar-refractivity contribution is -0.0518. The van der Waals surface area contributed by atoms with E-state index >= 15 is 0 Å². The first-order valence-corrected chi connectivity index (χ1v) is 7.14. The molecule has 0 saturated carbocycles. The first kappa shape index (κ1) is 14.4. The van der Waals surface area contributed by atoms with E-state index in [9.17, 15) is 10.2 Å². The molecule has 0 saturated heterocycles. The lowest BCUT2D eigenvalue weighted by atomic mass is 9.79. The Kier molecular flexibility index (Phi) is 4.00. The highest BCUT2D eigenvalue weighted by atomic mass is 16.3. The zero-order valence-electron chi connectivity index (χ0n) is 12.0. The van der Waals surface area contributed by atoms with E-state index in [0.29, 0.717) is 16.7 Å². The van der Waals surface area contributed by atoms with Crippen LogP contribution in [0.1, 0.15) is 22.8 Å². The molecule has 3 aromatic rings. The van der Waals surface area contributed by atoms with E-state index in [4.69, 9.17) is 0 Å². The van der Waals surface area contributed by atoms with Crippen LogP contribution in [0.25, 0.3) is 0 Å². The van der Waals surface area contributed by atoms with Gasteiger partial charge in [0.2, 0.25) is 0 Å². The van der Waals surface area contributed by atoms with Crippen molar-refractivity contribution in [2.24, 2.45) is 0 Å². The van der Waals surface area contributed by atoms with Crippen LogP contribution in [0.15, 0.2) is 85.2 Å². The summed E-state index contributed by atoms with van der Waals surface area (Å²) in [4.78, 5) is 3.99. The van der Waals surface area contributed by atoms with Crippen molar-refractivity contribution in [3.05, 3.63) is 102 Å². The van der Waals surface area contributed by atoms with Gasteiger partial charge in [-0.15, -0.1) is 0 Å². The van der Waals surface area contributed by atoms with E-state index in [1.165, 1.54) is 0 Å². The number of hydrogen-bond donors (Lipinski definition) is 2. The molecule has 0 spiro atoms. The summed E-state index contributed by atoms with van der Waals surface area (Å²) in [7, 11) is 0. The van der Waals surface area contributed by atoms with Crippen LogP contribution < -0.4 is 0 Å². The third kappa shape index (κ3) is 2.52. The topological polar surface area (TPSA) is 53.4 Å². The van der Waals surface area contributed by atoms with Gasteiger partial charge in [-0.3, -0.25) is 4.98 Å².